The summed E-state index contributed by atoms with van der Waals surface area (Å²) in [5, 5.41) is 3.43. The normalized spacial score (nSPS) is 18.9. The van der Waals surface area contributed by atoms with Gasteiger partial charge in [0.2, 0.25) is 0 Å². The van der Waals surface area contributed by atoms with Gasteiger partial charge in [-0.05, 0) is 33.2 Å². The van der Waals surface area contributed by atoms with Crippen molar-refractivity contribution in [2.24, 2.45) is 0 Å². The first-order chi connectivity index (χ1) is 7.51. The van der Waals surface area contributed by atoms with E-state index in [0.717, 1.165) is 32.5 Å². The first-order valence-corrected chi connectivity index (χ1v) is 6.09. The van der Waals surface area contributed by atoms with Crippen molar-refractivity contribution in [2.45, 2.75) is 45.3 Å². The molecule has 1 heterocycles. The highest BCUT2D eigenvalue weighted by Crippen LogP contribution is 2.17. The van der Waals surface area contributed by atoms with Gasteiger partial charge in [-0.1, -0.05) is 6.92 Å². The molecule has 0 aromatic carbocycles. The highest BCUT2D eigenvalue weighted by atomic mass is 16.5. The van der Waals surface area contributed by atoms with Crippen molar-refractivity contribution in [3.8, 4) is 0 Å². The van der Waals surface area contributed by atoms with Crippen LogP contribution in [0.3, 0.4) is 0 Å². The molecule has 0 aromatic rings. The maximum absolute atomic E-state index is 12.1. The molecule has 4 heteroatoms. The fourth-order valence-corrected chi connectivity index (χ4v) is 2.04. The highest BCUT2D eigenvalue weighted by Gasteiger charge is 2.33. The van der Waals surface area contributed by atoms with Crippen molar-refractivity contribution >= 4 is 5.91 Å². The summed E-state index contributed by atoms with van der Waals surface area (Å²) in [6, 6.07) is 0.569. The number of nitrogens with zero attached hydrogens (tertiary/aromatic N) is 1. The molecule has 94 valence electrons. The molecule has 1 N–H and O–H groups in total. The zero-order valence-electron chi connectivity index (χ0n) is 10.9. The zero-order valence-corrected chi connectivity index (χ0v) is 10.9. The molecule has 1 aliphatic heterocycles. The third kappa shape index (κ3) is 3.19. The summed E-state index contributed by atoms with van der Waals surface area (Å²) >= 11 is 0. The summed E-state index contributed by atoms with van der Waals surface area (Å²) < 4.78 is 5.22. The molecule has 4 nitrogen and oxygen atoms in total. The zero-order chi connectivity index (χ0) is 12.2. The number of ether oxygens (including phenoxy) is 1. The van der Waals surface area contributed by atoms with Gasteiger partial charge < -0.3 is 15.0 Å². The lowest BCUT2D eigenvalue weighted by Crippen LogP contribution is -2.51. The number of rotatable bonds is 4. The van der Waals surface area contributed by atoms with Crippen molar-refractivity contribution in [2.75, 3.05) is 26.7 Å². The van der Waals surface area contributed by atoms with Gasteiger partial charge in [0.05, 0.1) is 0 Å². The van der Waals surface area contributed by atoms with Crippen LogP contribution in [0, 0.1) is 0 Å². The highest BCUT2D eigenvalue weighted by molar-refractivity contribution is 5.84. The molecule has 0 spiro atoms. The second kappa shape index (κ2) is 5.64. The van der Waals surface area contributed by atoms with E-state index in [9.17, 15) is 4.79 Å². The Bertz CT molecular complexity index is 233. The second-order valence-electron chi connectivity index (χ2n) is 4.84. The smallest absolute Gasteiger partial charge is 0.254 e. The van der Waals surface area contributed by atoms with Crippen LogP contribution in [0.1, 0.15) is 33.6 Å². The summed E-state index contributed by atoms with van der Waals surface area (Å²) in [6.07, 6.45) is 2.08. The van der Waals surface area contributed by atoms with Crippen LogP contribution in [0.4, 0.5) is 0 Å². The first kappa shape index (κ1) is 13.5. The second-order valence-corrected chi connectivity index (χ2v) is 4.84. The summed E-state index contributed by atoms with van der Waals surface area (Å²) in [7, 11) is 1.59. The predicted octanol–water partition coefficient (Wildman–Crippen LogP) is 1.01. The number of amides is 1. The average molecular weight is 228 g/mol. The van der Waals surface area contributed by atoms with Crippen LogP contribution >= 0.6 is 0 Å². The topological polar surface area (TPSA) is 41.6 Å². The first-order valence-electron chi connectivity index (χ1n) is 6.09. The lowest BCUT2D eigenvalue weighted by Gasteiger charge is -2.36. The third-order valence-corrected chi connectivity index (χ3v) is 3.30. The number of nitrogens with one attached hydrogen (secondary N) is 1. The molecule has 0 atom stereocenters. The molecule has 1 amide bonds. The number of hydrogen-bond donors (Lipinski definition) is 1. The maximum atomic E-state index is 12.1. The van der Waals surface area contributed by atoms with E-state index in [2.05, 4.69) is 12.2 Å². The van der Waals surface area contributed by atoms with Gasteiger partial charge in [-0.3, -0.25) is 4.79 Å². The van der Waals surface area contributed by atoms with Crippen molar-refractivity contribution in [3.05, 3.63) is 0 Å². The number of piperidine rings is 1. The SMILES string of the molecule is CCNC1CCN(C(=O)C(C)(C)OC)CC1. The van der Waals surface area contributed by atoms with Crippen LogP contribution in [0.15, 0.2) is 0 Å². The van der Waals surface area contributed by atoms with Gasteiger partial charge >= 0.3 is 0 Å². The summed E-state index contributed by atoms with van der Waals surface area (Å²) in [4.78, 5) is 14.0. The Morgan fingerprint density at radius 3 is 2.44 bits per heavy atom. The van der Waals surface area contributed by atoms with E-state index >= 15 is 0 Å². The molecule has 0 saturated carbocycles. The van der Waals surface area contributed by atoms with Crippen LogP contribution in [0.5, 0.6) is 0 Å². The summed E-state index contributed by atoms with van der Waals surface area (Å²) in [5.74, 6) is 0.102. The number of methoxy groups -OCH3 is 1. The van der Waals surface area contributed by atoms with E-state index in [-0.39, 0.29) is 5.91 Å². The maximum Gasteiger partial charge on any atom is 0.254 e. The van der Waals surface area contributed by atoms with Crippen LogP contribution in [0.25, 0.3) is 0 Å². The van der Waals surface area contributed by atoms with Crippen molar-refractivity contribution in [3.63, 3.8) is 0 Å². The average Bonchev–Trinajstić information content (AvgIpc) is 2.29. The third-order valence-electron chi connectivity index (χ3n) is 3.30. The van der Waals surface area contributed by atoms with Gasteiger partial charge in [0.25, 0.3) is 5.91 Å². The summed E-state index contributed by atoms with van der Waals surface area (Å²) in [5.41, 5.74) is -0.689. The van der Waals surface area contributed by atoms with Crippen molar-refractivity contribution < 1.29 is 9.53 Å². The van der Waals surface area contributed by atoms with Crippen LogP contribution < -0.4 is 5.32 Å². The molecule has 0 unspecified atom stereocenters. The minimum atomic E-state index is -0.689. The molecule has 0 radical (unpaired) electrons. The van der Waals surface area contributed by atoms with E-state index in [0.29, 0.717) is 6.04 Å². The minimum Gasteiger partial charge on any atom is -0.369 e. The van der Waals surface area contributed by atoms with E-state index in [1.807, 2.05) is 18.7 Å². The van der Waals surface area contributed by atoms with Crippen molar-refractivity contribution in [1.82, 2.24) is 10.2 Å². The molecule has 1 fully saturated rings. The molecule has 0 bridgehead atoms. The van der Waals surface area contributed by atoms with E-state index in [4.69, 9.17) is 4.74 Å². The number of likely N-dealkylation sites (tertiary alicyclic amines) is 1. The Kier molecular flexibility index (Phi) is 4.74. The molecule has 0 aliphatic carbocycles. The Morgan fingerprint density at radius 2 is 2.00 bits per heavy atom. The lowest BCUT2D eigenvalue weighted by molar-refractivity contribution is -0.152. The molecular formula is C12H24N2O2. The van der Waals surface area contributed by atoms with E-state index < -0.39 is 5.60 Å². The number of carbonyl (C=O) groups is 1. The predicted molar refractivity (Wildman–Crippen MR) is 64.4 cm³/mol. The summed E-state index contributed by atoms with van der Waals surface area (Å²) in [6.45, 7) is 8.44. The van der Waals surface area contributed by atoms with Crippen LogP contribution in [-0.4, -0.2) is 49.2 Å². The number of carbonyl (C=O) groups excluding carboxylic acids is 1. The molecule has 0 aromatic heterocycles. The monoisotopic (exact) mass is 228 g/mol. The van der Waals surface area contributed by atoms with E-state index in [1.165, 1.54) is 0 Å². The Labute approximate surface area is 98.3 Å². The van der Waals surface area contributed by atoms with Crippen molar-refractivity contribution in [1.29, 1.82) is 0 Å². The molecule has 16 heavy (non-hydrogen) atoms. The van der Waals surface area contributed by atoms with Gasteiger partial charge in [0, 0.05) is 26.2 Å². The van der Waals surface area contributed by atoms with Crippen LogP contribution in [-0.2, 0) is 9.53 Å². The molecule has 1 saturated heterocycles. The largest absolute Gasteiger partial charge is 0.369 e. The lowest BCUT2D eigenvalue weighted by atomic mass is 10.0. The number of hydrogen-bond acceptors (Lipinski definition) is 3. The fraction of sp³-hybridized carbons (Fsp3) is 0.917. The Balaban J connectivity index is 2.45. The fourth-order valence-electron chi connectivity index (χ4n) is 2.04. The Hall–Kier alpha value is -0.610. The molecule has 1 aliphatic rings. The Morgan fingerprint density at radius 1 is 1.44 bits per heavy atom. The van der Waals surface area contributed by atoms with Gasteiger partial charge in [-0.25, -0.2) is 0 Å². The molecule has 1 rings (SSSR count). The standard InChI is InChI=1S/C12H24N2O2/c1-5-13-10-6-8-14(9-7-10)11(15)12(2,3)16-4/h10,13H,5-9H2,1-4H3. The minimum absolute atomic E-state index is 0.102. The van der Waals surface area contributed by atoms with Gasteiger partial charge in [-0.2, -0.15) is 0 Å². The van der Waals surface area contributed by atoms with E-state index in [1.54, 1.807) is 7.11 Å². The van der Waals surface area contributed by atoms with Gasteiger partial charge in [0.1, 0.15) is 5.60 Å². The molecular weight excluding hydrogens is 204 g/mol. The van der Waals surface area contributed by atoms with Gasteiger partial charge in [0.15, 0.2) is 0 Å². The van der Waals surface area contributed by atoms with Crippen LogP contribution in [0.2, 0.25) is 0 Å². The van der Waals surface area contributed by atoms with Gasteiger partial charge in [-0.15, -0.1) is 0 Å². The quantitative estimate of drug-likeness (QED) is 0.781.